The second kappa shape index (κ2) is 6.87. The third kappa shape index (κ3) is 2.99. The maximum absolute atomic E-state index is 12.2. The summed E-state index contributed by atoms with van der Waals surface area (Å²) >= 11 is 0. The van der Waals surface area contributed by atoms with Crippen LogP contribution in [0.4, 0.5) is 0 Å². The molecule has 0 radical (unpaired) electrons. The number of hydrogen-bond donors (Lipinski definition) is 1. The molecule has 1 N–H and O–H groups in total. The fraction of sp³-hybridized carbons (Fsp3) is 0.100. The first-order valence-corrected chi connectivity index (χ1v) is 8.45. The Labute approximate surface area is 155 Å². The Kier molecular flexibility index (Phi) is 4.25. The second-order valence-electron chi connectivity index (χ2n) is 6.01. The van der Waals surface area contributed by atoms with Crippen molar-refractivity contribution >= 4 is 16.8 Å². The molecule has 0 saturated heterocycles. The van der Waals surface area contributed by atoms with Crippen molar-refractivity contribution in [3.05, 3.63) is 72.6 Å². The van der Waals surface area contributed by atoms with E-state index in [1.807, 2.05) is 48.5 Å². The molecule has 0 spiro atoms. The predicted molar refractivity (Wildman–Crippen MR) is 102 cm³/mol. The van der Waals surface area contributed by atoms with E-state index in [-0.39, 0.29) is 11.6 Å². The van der Waals surface area contributed by atoms with Gasteiger partial charge < -0.3 is 9.84 Å². The number of amides is 1. The highest BCUT2D eigenvalue weighted by atomic mass is 16.5. The number of rotatable bonds is 5. The number of carbonyl (C=O) groups excluding carboxylic acids is 1. The van der Waals surface area contributed by atoms with Crippen LogP contribution in [0.25, 0.3) is 27.9 Å². The molecule has 2 aromatic heterocycles. The van der Waals surface area contributed by atoms with Crippen molar-refractivity contribution in [1.29, 1.82) is 0 Å². The van der Waals surface area contributed by atoms with Crippen LogP contribution in [0, 0.1) is 6.92 Å². The number of benzene rings is 2. The molecule has 0 aliphatic heterocycles. The average Bonchev–Trinajstić information content (AvgIpc) is 3.29. The van der Waals surface area contributed by atoms with Gasteiger partial charge in [-0.1, -0.05) is 46.8 Å². The molecule has 4 rings (SSSR count). The molecule has 0 fully saturated rings. The van der Waals surface area contributed by atoms with E-state index >= 15 is 0 Å². The Morgan fingerprint density at radius 1 is 1.26 bits per heavy atom. The van der Waals surface area contributed by atoms with Gasteiger partial charge in [-0.15, -0.1) is 11.7 Å². The zero-order valence-electron chi connectivity index (χ0n) is 14.7. The summed E-state index contributed by atoms with van der Waals surface area (Å²) in [5.74, 6) is 0.406. The van der Waals surface area contributed by atoms with Gasteiger partial charge in [0.1, 0.15) is 5.52 Å². The van der Waals surface area contributed by atoms with Crippen molar-refractivity contribution in [3.8, 4) is 17.0 Å². The van der Waals surface area contributed by atoms with Crippen LogP contribution in [0.15, 0.2) is 65.7 Å². The van der Waals surface area contributed by atoms with Crippen molar-refractivity contribution in [2.24, 2.45) is 0 Å². The fourth-order valence-electron chi connectivity index (χ4n) is 2.89. The van der Waals surface area contributed by atoms with Crippen LogP contribution >= 0.6 is 0 Å². The summed E-state index contributed by atoms with van der Waals surface area (Å²) < 4.78 is 7.17. The van der Waals surface area contributed by atoms with Crippen molar-refractivity contribution in [1.82, 2.24) is 25.5 Å². The lowest BCUT2D eigenvalue weighted by Gasteiger charge is -2.04. The summed E-state index contributed by atoms with van der Waals surface area (Å²) in [6.45, 7) is 5.77. The minimum Gasteiger partial charge on any atom is -0.355 e. The van der Waals surface area contributed by atoms with E-state index in [1.165, 1.54) is 0 Å². The standard InChI is InChI=1S/C20H17N5O2/c1-3-11-21-20(26)18-13(2)25(24-22-18)15-9-10-17-16(12-15)19(27-23-17)14-7-5-4-6-8-14/h3-10,12H,1,11H2,2H3,(H,21,26). The molecule has 0 aliphatic rings. The smallest absolute Gasteiger partial charge is 0.274 e. The molecular weight excluding hydrogens is 342 g/mol. The SMILES string of the molecule is C=CCNC(=O)c1nnn(-c2ccc3noc(-c4ccccc4)c3c2)c1C. The van der Waals surface area contributed by atoms with Gasteiger partial charge in [0.05, 0.1) is 16.8 Å². The number of nitrogens with zero attached hydrogens (tertiary/aromatic N) is 4. The molecule has 0 saturated carbocycles. The van der Waals surface area contributed by atoms with E-state index in [9.17, 15) is 4.79 Å². The molecule has 0 aliphatic carbocycles. The first-order valence-electron chi connectivity index (χ1n) is 8.45. The van der Waals surface area contributed by atoms with Gasteiger partial charge in [0.15, 0.2) is 11.5 Å². The van der Waals surface area contributed by atoms with Gasteiger partial charge in [0.25, 0.3) is 5.91 Å². The normalized spacial score (nSPS) is 10.9. The maximum atomic E-state index is 12.2. The van der Waals surface area contributed by atoms with Crippen molar-refractivity contribution in [2.45, 2.75) is 6.92 Å². The summed E-state index contributed by atoms with van der Waals surface area (Å²) in [7, 11) is 0. The van der Waals surface area contributed by atoms with Crippen LogP contribution in [0.1, 0.15) is 16.2 Å². The second-order valence-corrected chi connectivity index (χ2v) is 6.01. The Morgan fingerprint density at radius 3 is 2.85 bits per heavy atom. The molecule has 27 heavy (non-hydrogen) atoms. The number of carbonyl (C=O) groups is 1. The van der Waals surface area contributed by atoms with Crippen molar-refractivity contribution in [2.75, 3.05) is 6.54 Å². The van der Waals surface area contributed by atoms with Gasteiger partial charge in [-0.3, -0.25) is 4.79 Å². The van der Waals surface area contributed by atoms with E-state index in [0.29, 0.717) is 18.0 Å². The van der Waals surface area contributed by atoms with Gasteiger partial charge in [-0.05, 0) is 25.1 Å². The monoisotopic (exact) mass is 359 g/mol. The number of nitrogens with one attached hydrogen (secondary N) is 1. The topological polar surface area (TPSA) is 85.8 Å². The minimum absolute atomic E-state index is 0.283. The van der Waals surface area contributed by atoms with Crippen LogP contribution in [0.2, 0.25) is 0 Å². The Hall–Kier alpha value is -3.74. The molecule has 7 heteroatoms. The first kappa shape index (κ1) is 16.7. The molecule has 134 valence electrons. The van der Waals surface area contributed by atoms with Gasteiger partial charge >= 0.3 is 0 Å². The molecule has 0 atom stereocenters. The molecule has 0 bridgehead atoms. The molecule has 0 unspecified atom stereocenters. The highest BCUT2D eigenvalue weighted by Crippen LogP contribution is 2.30. The van der Waals surface area contributed by atoms with Crippen LogP contribution in [-0.2, 0) is 0 Å². The number of hydrogen-bond acceptors (Lipinski definition) is 5. The van der Waals surface area contributed by atoms with Gasteiger partial charge in [0, 0.05) is 12.1 Å². The highest BCUT2D eigenvalue weighted by molar-refractivity contribution is 5.94. The van der Waals surface area contributed by atoms with E-state index in [2.05, 4.69) is 27.4 Å². The fourth-order valence-corrected chi connectivity index (χ4v) is 2.89. The van der Waals surface area contributed by atoms with Gasteiger partial charge in [0.2, 0.25) is 0 Å². The van der Waals surface area contributed by atoms with Gasteiger partial charge in [-0.25, -0.2) is 4.68 Å². The third-order valence-electron chi connectivity index (χ3n) is 4.26. The third-order valence-corrected chi connectivity index (χ3v) is 4.26. The largest absolute Gasteiger partial charge is 0.355 e. The molecule has 4 aromatic rings. The van der Waals surface area contributed by atoms with Crippen LogP contribution in [0.3, 0.4) is 0 Å². The van der Waals surface area contributed by atoms with E-state index in [4.69, 9.17) is 4.52 Å². The number of fused-ring (bicyclic) bond motifs is 1. The minimum atomic E-state index is -0.283. The van der Waals surface area contributed by atoms with Crippen LogP contribution in [-0.4, -0.2) is 32.6 Å². The predicted octanol–water partition coefficient (Wildman–Crippen LogP) is 3.30. The highest BCUT2D eigenvalue weighted by Gasteiger charge is 2.18. The summed E-state index contributed by atoms with van der Waals surface area (Å²) in [6, 6.07) is 15.4. The lowest BCUT2D eigenvalue weighted by Crippen LogP contribution is -2.24. The summed E-state index contributed by atoms with van der Waals surface area (Å²) in [5.41, 5.74) is 3.39. The van der Waals surface area contributed by atoms with Crippen molar-refractivity contribution in [3.63, 3.8) is 0 Å². The van der Waals surface area contributed by atoms with Crippen LogP contribution < -0.4 is 5.32 Å². The van der Waals surface area contributed by atoms with Crippen LogP contribution in [0.5, 0.6) is 0 Å². The lowest BCUT2D eigenvalue weighted by molar-refractivity contribution is 0.0952. The summed E-state index contributed by atoms with van der Waals surface area (Å²) in [4.78, 5) is 12.2. The van der Waals surface area contributed by atoms with E-state index in [1.54, 1.807) is 17.7 Å². The molecule has 1 amide bonds. The zero-order chi connectivity index (χ0) is 18.8. The maximum Gasteiger partial charge on any atom is 0.274 e. The Morgan fingerprint density at radius 2 is 2.07 bits per heavy atom. The zero-order valence-corrected chi connectivity index (χ0v) is 14.7. The Bertz CT molecular complexity index is 1130. The van der Waals surface area contributed by atoms with Gasteiger partial charge in [-0.2, -0.15) is 0 Å². The lowest BCUT2D eigenvalue weighted by atomic mass is 10.1. The molecule has 7 nitrogen and oxygen atoms in total. The molecular formula is C20H17N5O2. The molecule has 2 aromatic carbocycles. The van der Waals surface area contributed by atoms with E-state index in [0.717, 1.165) is 22.2 Å². The quantitative estimate of drug-likeness (QED) is 0.553. The van der Waals surface area contributed by atoms with E-state index < -0.39 is 0 Å². The van der Waals surface area contributed by atoms with Crippen molar-refractivity contribution < 1.29 is 9.32 Å². The first-order chi connectivity index (χ1) is 13.2. The summed E-state index contributed by atoms with van der Waals surface area (Å²) in [6.07, 6.45) is 1.61. The summed E-state index contributed by atoms with van der Waals surface area (Å²) in [5, 5.41) is 15.9. The molecule has 2 heterocycles. The average molecular weight is 359 g/mol. The Balaban J connectivity index is 1.76. The number of aromatic nitrogens is 4.